The summed E-state index contributed by atoms with van der Waals surface area (Å²) in [6, 6.07) is 4.77. The Hall–Kier alpha value is -4.16. The lowest BCUT2D eigenvalue weighted by Crippen LogP contribution is -2.48. The minimum Gasteiger partial charge on any atom is -0.495 e. The Kier molecular flexibility index (Phi) is 9.14. The van der Waals surface area contributed by atoms with E-state index in [2.05, 4.69) is 15.3 Å². The maximum absolute atomic E-state index is 15.3. The highest BCUT2D eigenvalue weighted by atomic mass is 35.5. The molecule has 0 radical (unpaired) electrons. The molecule has 0 spiro atoms. The second-order valence-electron chi connectivity index (χ2n) is 9.15. The summed E-state index contributed by atoms with van der Waals surface area (Å²) in [4.78, 5) is 35.2. The van der Waals surface area contributed by atoms with Gasteiger partial charge in [0, 0.05) is 68.9 Å². The van der Waals surface area contributed by atoms with E-state index in [0.717, 1.165) is 6.08 Å². The highest BCUT2D eigenvalue weighted by molar-refractivity contribution is 6.39. The Morgan fingerprint density at radius 2 is 1.66 bits per heavy atom. The predicted molar refractivity (Wildman–Crippen MR) is 156 cm³/mol. The molecule has 11 nitrogen and oxygen atoms in total. The number of hydrogen-bond donors (Lipinski definition) is 1. The van der Waals surface area contributed by atoms with Crippen molar-refractivity contribution < 1.29 is 23.6 Å². The molecule has 1 aromatic heterocycles. The number of ether oxygens (including phenoxy) is 2. The fourth-order valence-electron chi connectivity index (χ4n) is 4.42. The minimum atomic E-state index is -0.771. The van der Waals surface area contributed by atoms with Crippen molar-refractivity contribution >= 4 is 64.0 Å². The van der Waals surface area contributed by atoms with Crippen LogP contribution in [0.1, 0.15) is 23.6 Å². The lowest BCUT2D eigenvalue weighted by molar-refractivity contribution is -0.383. The van der Waals surface area contributed by atoms with Gasteiger partial charge in [0.2, 0.25) is 11.9 Å². The maximum Gasteiger partial charge on any atom is 0.295 e. The Bertz CT molecular complexity index is 1480. The highest BCUT2D eigenvalue weighted by Crippen LogP contribution is 2.44. The molecule has 2 heterocycles. The third-order valence-corrected chi connectivity index (χ3v) is 7.35. The number of methoxy groups -OCH3 is 2. The van der Waals surface area contributed by atoms with Gasteiger partial charge in [-0.3, -0.25) is 14.9 Å². The molecule has 0 saturated carbocycles. The van der Waals surface area contributed by atoms with Crippen molar-refractivity contribution in [2.24, 2.45) is 0 Å². The van der Waals surface area contributed by atoms with Crippen LogP contribution in [0.2, 0.25) is 10.0 Å². The van der Waals surface area contributed by atoms with Crippen molar-refractivity contribution in [2.75, 3.05) is 50.6 Å². The molecule has 0 bridgehead atoms. The summed E-state index contributed by atoms with van der Waals surface area (Å²) in [5.41, 5.74) is 1.56. The molecule has 3 aromatic rings. The van der Waals surface area contributed by atoms with Crippen LogP contribution >= 0.6 is 23.2 Å². The van der Waals surface area contributed by atoms with Crippen LogP contribution in [0.3, 0.4) is 0 Å². The van der Waals surface area contributed by atoms with E-state index in [4.69, 9.17) is 32.7 Å². The normalized spacial score (nSPS) is 13.7. The van der Waals surface area contributed by atoms with Crippen LogP contribution in [0.5, 0.6) is 11.5 Å². The highest BCUT2D eigenvalue weighted by Gasteiger charge is 2.25. The first kappa shape index (κ1) is 29.8. The van der Waals surface area contributed by atoms with Crippen LogP contribution in [0.4, 0.5) is 27.4 Å². The van der Waals surface area contributed by atoms with E-state index in [1.165, 1.54) is 45.7 Å². The Morgan fingerprint density at radius 3 is 2.17 bits per heavy atom. The van der Waals surface area contributed by atoms with Gasteiger partial charge in [-0.15, -0.1) is 0 Å². The second kappa shape index (κ2) is 12.6. The lowest BCUT2D eigenvalue weighted by Gasteiger charge is -2.35. The number of carbonyl (C=O) groups is 1. The Morgan fingerprint density at radius 1 is 1.07 bits per heavy atom. The fourth-order valence-corrected chi connectivity index (χ4v) is 5.10. The zero-order valence-electron chi connectivity index (χ0n) is 22.7. The zero-order chi connectivity index (χ0) is 29.8. The molecular weight excluding hydrogens is 578 g/mol. The van der Waals surface area contributed by atoms with Crippen LogP contribution in [0.25, 0.3) is 11.9 Å². The van der Waals surface area contributed by atoms with Gasteiger partial charge in [0.15, 0.2) is 0 Å². The van der Waals surface area contributed by atoms with Crippen LogP contribution in [0.15, 0.2) is 30.6 Å². The Balaban J connectivity index is 1.57. The summed E-state index contributed by atoms with van der Waals surface area (Å²) < 4.78 is 25.6. The van der Waals surface area contributed by atoms with E-state index in [1.807, 2.05) is 11.0 Å². The van der Waals surface area contributed by atoms with Crippen LogP contribution in [0, 0.1) is 17.0 Å². The minimum absolute atomic E-state index is 0.00345. The van der Waals surface area contributed by atoms with E-state index >= 15 is 4.39 Å². The summed E-state index contributed by atoms with van der Waals surface area (Å²) in [6.45, 7) is 5.48. The summed E-state index contributed by atoms with van der Waals surface area (Å²) in [6.07, 6.45) is 3.83. The number of carbonyl (C=O) groups excluding carboxylic acids is 1. The molecule has 216 valence electrons. The van der Waals surface area contributed by atoms with Crippen molar-refractivity contribution in [3.05, 3.63) is 67.4 Å². The Labute approximate surface area is 245 Å². The molecule has 41 heavy (non-hydrogen) atoms. The van der Waals surface area contributed by atoms with Gasteiger partial charge in [-0.1, -0.05) is 23.2 Å². The van der Waals surface area contributed by atoms with Crippen molar-refractivity contribution in [3.63, 3.8) is 0 Å². The number of halogens is 3. The monoisotopic (exact) mass is 604 g/mol. The molecular formula is C27H27Cl2FN6O5. The van der Waals surface area contributed by atoms with Crippen molar-refractivity contribution in [1.29, 1.82) is 0 Å². The molecule has 1 amide bonds. The molecule has 1 aliphatic rings. The average molecular weight is 605 g/mol. The molecule has 0 atom stereocenters. The number of hydrogen-bond acceptors (Lipinski definition) is 9. The average Bonchev–Trinajstić information content (AvgIpc) is 2.95. The van der Waals surface area contributed by atoms with E-state index in [0.29, 0.717) is 37.4 Å². The molecule has 14 heteroatoms. The number of nitro groups is 1. The number of nitrogens with zero attached hydrogens (tertiary/aromatic N) is 5. The maximum atomic E-state index is 15.3. The summed E-state index contributed by atoms with van der Waals surface area (Å²) in [7, 11) is 2.77. The number of aromatic nitrogens is 2. The van der Waals surface area contributed by atoms with E-state index in [1.54, 1.807) is 11.8 Å². The first-order valence-electron chi connectivity index (χ1n) is 12.4. The second-order valence-corrected chi connectivity index (χ2v) is 9.90. The van der Waals surface area contributed by atoms with Crippen LogP contribution in [-0.2, 0) is 4.79 Å². The van der Waals surface area contributed by atoms with Crippen molar-refractivity contribution in [2.45, 2.75) is 13.8 Å². The van der Waals surface area contributed by atoms with Gasteiger partial charge >= 0.3 is 0 Å². The molecule has 1 N–H and O–H groups in total. The van der Waals surface area contributed by atoms with Crippen molar-refractivity contribution in [3.8, 4) is 11.5 Å². The third kappa shape index (κ3) is 6.44. The molecule has 0 aliphatic carbocycles. The van der Waals surface area contributed by atoms with Gasteiger partial charge in [-0.25, -0.2) is 14.4 Å². The summed E-state index contributed by atoms with van der Waals surface area (Å²) in [5, 5.41) is 14.8. The van der Waals surface area contributed by atoms with Gasteiger partial charge in [0.1, 0.15) is 23.0 Å². The third-order valence-electron chi connectivity index (χ3n) is 6.60. The number of aryl methyl sites for hydroxylation is 1. The van der Waals surface area contributed by atoms with E-state index < -0.39 is 10.8 Å². The van der Waals surface area contributed by atoms with Crippen molar-refractivity contribution in [1.82, 2.24) is 14.9 Å². The SMILES string of the molecule is COc1cc(OC)c(Cl)c(/C(F)=C/c2cnc(Nc3c(C)cc(N4CCN(C(C)=O)CC4)cc3[N+](=O)[O-])nc2)c1Cl. The van der Waals surface area contributed by atoms with Gasteiger partial charge in [0.25, 0.3) is 5.69 Å². The first-order chi connectivity index (χ1) is 19.5. The number of anilines is 3. The number of amides is 1. The number of piperazine rings is 1. The molecule has 0 unspecified atom stereocenters. The van der Waals surface area contributed by atoms with Crippen LogP contribution < -0.4 is 19.7 Å². The number of rotatable bonds is 8. The smallest absolute Gasteiger partial charge is 0.295 e. The number of nitro benzene ring substituents is 1. The van der Waals surface area contributed by atoms with E-state index in [9.17, 15) is 14.9 Å². The standard InChI is InChI=1S/C27H27Cl2FN6O5/c1-15-9-18(35-7-5-34(6-8-35)16(2)37)11-20(36(38)39)26(15)33-27-31-13-17(14-32-27)10-19(30)23-24(28)21(40-3)12-22(41-4)25(23)29/h9-14H,5-8H2,1-4H3,(H,31,32,33)/b19-10-. The first-order valence-corrected chi connectivity index (χ1v) is 13.2. The number of nitrogens with one attached hydrogen (secondary N) is 1. The quantitative estimate of drug-likeness (QED) is 0.247. The summed E-state index contributed by atoms with van der Waals surface area (Å²) >= 11 is 12.6. The molecule has 1 aliphatic heterocycles. The predicted octanol–water partition coefficient (Wildman–Crippen LogP) is 5.90. The molecule has 1 fully saturated rings. The largest absolute Gasteiger partial charge is 0.495 e. The van der Waals surface area contributed by atoms with Gasteiger partial charge in [-0.2, -0.15) is 0 Å². The molecule has 2 aromatic carbocycles. The fraction of sp³-hybridized carbons (Fsp3) is 0.296. The van der Waals surface area contributed by atoms with Gasteiger partial charge in [0.05, 0.1) is 34.8 Å². The lowest BCUT2D eigenvalue weighted by atomic mass is 10.1. The van der Waals surface area contributed by atoms with Gasteiger partial charge < -0.3 is 24.6 Å². The van der Waals surface area contributed by atoms with Crippen LogP contribution in [-0.4, -0.2) is 66.1 Å². The zero-order valence-corrected chi connectivity index (χ0v) is 24.2. The summed E-state index contributed by atoms with van der Waals surface area (Å²) in [5.74, 6) is -0.320. The molecule has 1 saturated heterocycles. The molecule has 4 rings (SSSR count). The van der Waals surface area contributed by atoms with Gasteiger partial charge in [-0.05, 0) is 24.6 Å². The number of benzene rings is 2. The van der Waals surface area contributed by atoms with E-state index in [-0.39, 0.29) is 55.9 Å². The topological polar surface area (TPSA) is 123 Å².